The van der Waals surface area contributed by atoms with E-state index in [0.717, 1.165) is 24.7 Å². The molecule has 2 fully saturated rings. The highest BCUT2D eigenvalue weighted by Gasteiger charge is 2.33. The van der Waals surface area contributed by atoms with Crippen molar-refractivity contribution < 1.29 is 0 Å². The van der Waals surface area contributed by atoms with E-state index in [-0.39, 0.29) is 0 Å². The minimum absolute atomic E-state index is 0.353. The molecule has 4 heterocycles. The van der Waals surface area contributed by atoms with Gasteiger partial charge in [-0.2, -0.15) is 4.52 Å². The molecule has 110 valence electrons. The fourth-order valence-corrected chi connectivity index (χ4v) is 2.89. The summed E-state index contributed by atoms with van der Waals surface area (Å²) in [6.45, 7) is 1.70. The molecule has 2 aliphatic rings. The lowest BCUT2D eigenvalue weighted by atomic mass is 9.99. The Hall–Kier alpha value is -2.64. The highest BCUT2D eigenvalue weighted by atomic mass is 15.5. The normalized spacial score (nSPS) is 18.6. The molecule has 8 heteroatoms. The number of anilines is 1. The maximum atomic E-state index is 4.54. The van der Waals surface area contributed by atoms with Gasteiger partial charge >= 0.3 is 0 Å². The van der Waals surface area contributed by atoms with Crippen LogP contribution >= 0.6 is 0 Å². The molecule has 0 bridgehead atoms. The van der Waals surface area contributed by atoms with Gasteiger partial charge in [0.15, 0.2) is 5.82 Å². The summed E-state index contributed by atoms with van der Waals surface area (Å²) in [6, 6.07) is 0. The first-order valence-electron chi connectivity index (χ1n) is 7.48. The molecule has 1 saturated heterocycles. The Morgan fingerprint density at radius 1 is 1.00 bits per heavy atom. The molecule has 3 aromatic heterocycles. The second-order valence-electron chi connectivity index (χ2n) is 5.95. The standard InChI is InChI=1S/C14H14N8/c1-2-9(1)10-5-16-12(17-6-10)11-7-21(8-11)13-14-18-19-20-22(14)4-3-15-13/h3-6,9,11H,1-2,7-8H2. The molecule has 1 aliphatic carbocycles. The predicted octanol–water partition coefficient (Wildman–Crippen LogP) is 0.790. The summed E-state index contributed by atoms with van der Waals surface area (Å²) in [4.78, 5) is 15.6. The van der Waals surface area contributed by atoms with Crippen LogP contribution in [0.1, 0.15) is 36.1 Å². The molecule has 3 aromatic rings. The van der Waals surface area contributed by atoms with Crippen LogP contribution in [0.15, 0.2) is 24.8 Å². The molecule has 0 N–H and O–H groups in total. The Kier molecular flexibility index (Phi) is 2.41. The fourth-order valence-electron chi connectivity index (χ4n) is 2.89. The Labute approximate surface area is 126 Å². The summed E-state index contributed by atoms with van der Waals surface area (Å²) in [7, 11) is 0. The van der Waals surface area contributed by atoms with E-state index >= 15 is 0 Å². The van der Waals surface area contributed by atoms with Gasteiger partial charge in [-0.15, -0.1) is 5.10 Å². The van der Waals surface area contributed by atoms with Gasteiger partial charge in [0.1, 0.15) is 5.82 Å². The van der Waals surface area contributed by atoms with E-state index in [9.17, 15) is 0 Å². The molecule has 0 atom stereocenters. The van der Waals surface area contributed by atoms with E-state index < -0.39 is 0 Å². The van der Waals surface area contributed by atoms with Gasteiger partial charge in [-0.3, -0.25) is 0 Å². The lowest BCUT2D eigenvalue weighted by Gasteiger charge is -2.38. The Bertz CT molecular complexity index is 816. The minimum Gasteiger partial charge on any atom is -0.352 e. The minimum atomic E-state index is 0.353. The summed E-state index contributed by atoms with van der Waals surface area (Å²) in [6.07, 6.45) is 10.0. The van der Waals surface area contributed by atoms with Crippen LogP contribution in [-0.4, -0.2) is 48.1 Å². The molecular formula is C14H14N8. The molecule has 0 amide bonds. The molecule has 1 saturated carbocycles. The lowest BCUT2D eigenvalue weighted by Crippen LogP contribution is -2.46. The van der Waals surface area contributed by atoms with E-state index in [1.165, 1.54) is 18.4 Å². The van der Waals surface area contributed by atoms with Crippen LogP contribution in [0.3, 0.4) is 0 Å². The van der Waals surface area contributed by atoms with Gasteiger partial charge in [-0.1, -0.05) is 0 Å². The number of tetrazole rings is 1. The van der Waals surface area contributed by atoms with Crippen molar-refractivity contribution in [3.63, 3.8) is 0 Å². The summed E-state index contributed by atoms with van der Waals surface area (Å²) >= 11 is 0. The van der Waals surface area contributed by atoms with Gasteiger partial charge in [0.2, 0.25) is 5.65 Å². The maximum Gasteiger partial charge on any atom is 0.221 e. The zero-order valence-electron chi connectivity index (χ0n) is 11.9. The lowest BCUT2D eigenvalue weighted by molar-refractivity contribution is 0.496. The molecule has 22 heavy (non-hydrogen) atoms. The number of nitrogens with zero attached hydrogens (tertiary/aromatic N) is 8. The Morgan fingerprint density at radius 3 is 2.59 bits per heavy atom. The van der Waals surface area contributed by atoms with Crippen molar-refractivity contribution in [1.29, 1.82) is 0 Å². The van der Waals surface area contributed by atoms with Crippen LogP contribution in [0.5, 0.6) is 0 Å². The molecule has 0 radical (unpaired) electrons. The van der Waals surface area contributed by atoms with Gasteiger partial charge in [-0.25, -0.2) is 15.0 Å². The molecule has 1 aliphatic heterocycles. The summed E-state index contributed by atoms with van der Waals surface area (Å²) < 4.78 is 1.64. The summed E-state index contributed by atoms with van der Waals surface area (Å²) in [5.41, 5.74) is 1.96. The van der Waals surface area contributed by atoms with Crippen LogP contribution < -0.4 is 4.90 Å². The van der Waals surface area contributed by atoms with E-state index in [1.54, 1.807) is 16.9 Å². The monoisotopic (exact) mass is 294 g/mol. The molecule has 8 nitrogen and oxygen atoms in total. The first-order valence-corrected chi connectivity index (χ1v) is 7.48. The van der Waals surface area contributed by atoms with Crippen molar-refractivity contribution in [3.05, 3.63) is 36.2 Å². The largest absolute Gasteiger partial charge is 0.352 e. The summed E-state index contributed by atoms with van der Waals surface area (Å²) in [5, 5.41) is 11.6. The van der Waals surface area contributed by atoms with Crippen molar-refractivity contribution in [2.75, 3.05) is 18.0 Å². The fraction of sp³-hybridized carbons (Fsp3) is 0.429. The van der Waals surface area contributed by atoms with Crippen LogP contribution in [0.25, 0.3) is 5.65 Å². The zero-order chi connectivity index (χ0) is 14.5. The third-order valence-corrected chi connectivity index (χ3v) is 4.38. The molecule has 0 spiro atoms. The second-order valence-corrected chi connectivity index (χ2v) is 5.95. The first-order chi connectivity index (χ1) is 10.9. The number of fused-ring (bicyclic) bond motifs is 1. The topological polar surface area (TPSA) is 85.0 Å². The predicted molar refractivity (Wildman–Crippen MR) is 77.5 cm³/mol. The van der Waals surface area contributed by atoms with E-state index in [1.807, 2.05) is 12.4 Å². The molecule has 0 unspecified atom stereocenters. The van der Waals surface area contributed by atoms with Gasteiger partial charge in [-0.05, 0) is 34.7 Å². The molecule has 5 rings (SSSR count). The van der Waals surface area contributed by atoms with Crippen molar-refractivity contribution >= 4 is 11.5 Å². The van der Waals surface area contributed by atoms with Crippen molar-refractivity contribution in [2.45, 2.75) is 24.7 Å². The van der Waals surface area contributed by atoms with Crippen molar-refractivity contribution in [3.8, 4) is 0 Å². The average molecular weight is 294 g/mol. The van der Waals surface area contributed by atoms with E-state index in [4.69, 9.17) is 0 Å². The average Bonchev–Trinajstić information content (AvgIpc) is 3.24. The Morgan fingerprint density at radius 2 is 1.82 bits per heavy atom. The smallest absolute Gasteiger partial charge is 0.221 e. The number of hydrogen-bond acceptors (Lipinski definition) is 7. The van der Waals surface area contributed by atoms with Gasteiger partial charge in [0.05, 0.1) is 12.1 Å². The third-order valence-electron chi connectivity index (χ3n) is 4.38. The third kappa shape index (κ3) is 1.83. The van der Waals surface area contributed by atoms with Crippen LogP contribution in [0, 0.1) is 0 Å². The highest BCUT2D eigenvalue weighted by Crippen LogP contribution is 2.39. The quantitative estimate of drug-likeness (QED) is 0.706. The van der Waals surface area contributed by atoms with Gasteiger partial charge in [0, 0.05) is 31.7 Å². The van der Waals surface area contributed by atoms with Crippen molar-refractivity contribution in [2.24, 2.45) is 0 Å². The first kappa shape index (κ1) is 12.0. The van der Waals surface area contributed by atoms with Crippen molar-refractivity contribution in [1.82, 2.24) is 35.0 Å². The summed E-state index contributed by atoms with van der Waals surface area (Å²) in [5.74, 6) is 2.80. The second kappa shape index (κ2) is 4.43. The van der Waals surface area contributed by atoms with Crippen LogP contribution in [0.4, 0.5) is 5.82 Å². The van der Waals surface area contributed by atoms with Crippen LogP contribution in [0.2, 0.25) is 0 Å². The number of aromatic nitrogens is 7. The van der Waals surface area contributed by atoms with Gasteiger partial charge < -0.3 is 4.90 Å². The van der Waals surface area contributed by atoms with E-state index in [0.29, 0.717) is 17.5 Å². The molecular weight excluding hydrogens is 280 g/mol. The molecule has 0 aromatic carbocycles. The SMILES string of the molecule is c1cn2nnnc2c(N2CC(c3ncc(C4CC4)cn3)C2)n1. The zero-order valence-corrected chi connectivity index (χ0v) is 11.9. The highest BCUT2D eigenvalue weighted by molar-refractivity contribution is 5.64. The van der Waals surface area contributed by atoms with E-state index in [2.05, 4.69) is 35.4 Å². The number of rotatable bonds is 3. The van der Waals surface area contributed by atoms with Gasteiger partial charge in [0.25, 0.3) is 0 Å². The number of hydrogen-bond donors (Lipinski definition) is 0. The Balaban J connectivity index is 1.34. The maximum absolute atomic E-state index is 4.54. The van der Waals surface area contributed by atoms with Crippen LogP contribution in [-0.2, 0) is 0 Å².